The topological polar surface area (TPSA) is 58.4 Å². The van der Waals surface area contributed by atoms with E-state index in [4.69, 9.17) is 0 Å². The molecular formula is C17H25N3O2. The Kier molecular flexibility index (Phi) is 4.74. The second-order valence-corrected chi connectivity index (χ2v) is 6.80. The number of benzene rings is 1. The molecule has 0 spiro atoms. The van der Waals surface area contributed by atoms with Gasteiger partial charge < -0.3 is 10.2 Å². The highest BCUT2D eigenvalue weighted by Gasteiger charge is 2.22. The van der Waals surface area contributed by atoms with Crippen LogP contribution in [0.3, 0.4) is 0 Å². The van der Waals surface area contributed by atoms with Crippen LogP contribution in [0.1, 0.15) is 30.4 Å². The summed E-state index contributed by atoms with van der Waals surface area (Å²) < 4.78 is 0. The van der Waals surface area contributed by atoms with Crippen LogP contribution < -0.4 is 5.32 Å². The number of nitrogens with zero attached hydrogens (tertiary/aromatic N) is 2. The fraction of sp³-hybridized carbons (Fsp3) is 0.647. The first-order valence-corrected chi connectivity index (χ1v) is 8.30. The number of nitrogens with one attached hydrogen (secondary N) is 1. The largest absolute Gasteiger partial charge is 0.313 e. The van der Waals surface area contributed by atoms with Gasteiger partial charge in [-0.05, 0) is 75.8 Å². The van der Waals surface area contributed by atoms with E-state index in [1.807, 2.05) is 6.07 Å². The lowest BCUT2D eigenvalue weighted by molar-refractivity contribution is -0.384. The van der Waals surface area contributed by atoms with Crippen molar-refractivity contribution in [1.82, 2.24) is 10.2 Å². The van der Waals surface area contributed by atoms with Crippen molar-refractivity contribution >= 4 is 5.69 Å². The fourth-order valence-corrected chi connectivity index (χ4v) is 3.63. The number of piperidine rings is 1. The summed E-state index contributed by atoms with van der Waals surface area (Å²) in [5, 5.41) is 14.6. The quantitative estimate of drug-likeness (QED) is 0.685. The third kappa shape index (κ3) is 3.65. The summed E-state index contributed by atoms with van der Waals surface area (Å²) in [5.74, 6) is 0.780. The van der Waals surface area contributed by atoms with E-state index >= 15 is 0 Å². The molecule has 0 bridgehead atoms. The lowest BCUT2D eigenvalue weighted by atomic mass is 9.87. The van der Waals surface area contributed by atoms with E-state index in [0.29, 0.717) is 6.04 Å². The maximum Gasteiger partial charge on any atom is 0.269 e. The second-order valence-electron chi connectivity index (χ2n) is 6.80. The van der Waals surface area contributed by atoms with Crippen molar-refractivity contribution in [1.29, 1.82) is 0 Å². The van der Waals surface area contributed by atoms with Gasteiger partial charge in [0.15, 0.2) is 0 Å². The molecule has 120 valence electrons. The average Bonchev–Trinajstić information content (AvgIpc) is 2.53. The highest BCUT2D eigenvalue weighted by Crippen LogP contribution is 2.26. The van der Waals surface area contributed by atoms with Crippen molar-refractivity contribution in [2.24, 2.45) is 5.92 Å². The molecule has 0 aromatic heterocycles. The van der Waals surface area contributed by atoms with Gasteiger partial charge in [0.1, 0.15) is 0 Å². The SMILES string of the molecule is CN1CCC(CNC2CCc3ccc([N+](=O)[O-])cc3C2)CC1. The molecule has 1 atom stereocenters. The molecule has 1 N–H and O–H groups in total. The van der Waals surface area contributed by atoms with Gasteiger partial charge in [0.05, 0.1) is 4.92 Å². The molecule has 1 unspecified atom stereocenters. The van der Waals surface area contributed by atoms with Crippen molar-refractivity contribution in [3.8, 4) is 0 Å². The smallest absolute Gasteiger partial charge is 0.269 e. The zero-order chi connectivity index (χ0) is 15.5. The number of likely N-dealkylation sites (tertiary alicyclic amines) is 1. The Bertz CT molecular complexity index is 539. The van der Waals surface area contributed by atoms with Crippen molar-refractivity contribution in [2.45, 2.75) is 38.1 Å². The van der Waals surface area contributed by atoms with Gasteiger partial charge in [-0.25, -0.2) is 0 Å². The maximum absolute atomic E-state index is 10.9. The van der Waals surface area contributed by atoms with E-state index in [9.17, 15) is 10.1 Å². The molecule has 1 aliphatic heterocycles. The number of nitro benzene ring substituents is 1. The second kappa shape index (κ2) is 6.75. The molecule has 1 aromatic carbocycles. The zero-order valence-corrected chi connectivity index (χ0v) is 13.3. The molecule has 5 nitrogen and oxygen atoms in total. The van der Waals surface area contributed by atoms with Crippen molar-refractivity contribution in [2.75, 3.05) is 26.7 Å². The lowest BCUT2D eigenvalue weighted by Crippen LogP contribution is -2.40. The fourth-order valence-electron chi connectivity index (χ4n) is 3.63. The molecule has 1 saturated heterocycles. The number of rotatable bonds is 4. The van der Waals surface area contributed by atoms with Crippen LogP contribution in [0.5, 0.6) is 0 Å². The van der Waals surface area contributed by atoms with E-state index in [-0.39, 0.29) is 10.6 Å². The Morgan fingerprint density at radius 3 is 2.77 bits per heavy atom. The minimum Gasteiger partial charge on any atom is -0.313 e. The van der Waals surface area contributed by atoms with Gasteiger partial charge >= 0.3 is 0 Å². The number of nitro groups is 1. The highest BCUT2D eigenvalue weighted by molar-refractivity contribution is 5.41. The summed E-state index contributed by atoms with van der Waals surface area (Å²) >= 11 is 0. The number of hydrogen-bond donors (Lipinski definition) is 1. The summed E-state index contributed by atoms with van der Waals surface area (Å²) in [6.07, 6.45) is 5.63. The van der Waals surface area contributed by atoms with Gasteiger partial charge in [0.2, 0.25) is 0 Å². The molecule has 1 aliphatic carbocycles. The Balaban J connectivity index is 1.55. The normalized spacial score (nSPS) is 23.2. The van der Waals surface area contributed by atoms with Crippen molar-refractivity contribution in [3.63, 3.8) is 0 Å². The molecule has 1 fully saturated rings. The number of hydrogen-bond acceptors (Lipinski definition) is 4. The zero-order valence-electron chi connectivity index (χ0n) is 13.3. The van der Waals surface area contributed by atoms with Crippen LogP contribution in [0.4, 0.5) is 5.69 Å². The molecule has 0 amide bonds. The van der Waals surface area contributed by atoms with Gasteiger partial charge in [0, 0.05) is 18.2 Å². The summed E-state index contributed by atoms with van der Waals surface area (Å²) in [7, 11) is 2.19. The van der Waals surface area contributed by atoms with Gasteiger partial charge in [-0.2, -0.15) is 0 Å². The minimum atomic E-state index is -0.296. The van der Waals surface area contributed by atoms with E-state index in [1.54, 1.807) is 12.1 Å². The van der Waals surface area contributed by atoms with Crippen LogP contribution >= 0.6 is 0 Å². The van der Waals surface area contributed by atoms with Crippen LogP contribution in [0, 0.1) is 16.0 Å². The Labute approximate surface area is 131 Å². The predicted octanol–water partition coefficient (Wildman–Crippen LogP) is 2.38. The Morgan fingerprint density at radius 2 is 2.05 bits per heavy atom. The molecule has 0 radical (unpaired) electrons. The van der Waals surface area contributed by atoms with Gasteiger partial charge in [-0.1, -0.05) is 6.07 Å². The van der Waals surface area contributed by atoms with E-state index in [1.165, 1.54) is 31.5 Å². The summed E-state index contributed by atoms with van der Waals surface area (Å²) in [4.78, 5) is 13.0. The van der Waals surface area contributed by atoms with E-state index in [2.05, 4.69) is 17.3 Å². The molecule has 1 aromatic rings. The van der Waals surface area contributed by atoms with Crippen LogP contribution in [0.15, 0.2) is 18.2 Å². The number of aryl methyl sites for hydroxylation is 1. The first-order chi connectivity index (χ1) is 10.6. The molecule has 2 aliphatic rings. The summed E-state index contributed by atoms with van der Waals surface area (Å²) in [6, 6.07) is 5.79. The van der Waals surface area contributed by atoms with Gasteiger partial charge in [-0.3, -0.25) is 10.1 Å². The van der Waals surface area contributed by atoms with E-state index < -0.39 is 0 Å². The standard InChI is InChI=1S/C17H25N3O2/c1-19-8-6-13(7-9-19)12-18-16-4-2-14-3-5-17(20(21)22)11-15(14)10-16/h3,5,11,13,16,18H,2,4,6-10,12H2,1H3. The van der Waals surface area contributed by atoms with Crippen LogP contribution in [0.2, 0.25) is 0 Å². The molecule has 0 saturated carbocycles. The average molecular weight is 303 g/mol. The molecule has 1 heterocycles. The Morgan fingerprint density at radius 1 is 1.27 bits per heavy atom. The highest BCUT2D eigenvalue weighted by atomic mass is 16.6. The lowest BCUT2D eigenvalue weighted by Gasteiger charge is -2.31. The third-order valence-electron chi connectivity index (χ3n) is 5.16. The molecule has 3 rings (SSSR count). The third-order valence-corrected chi connectivity index (χ3v) is 5.16. The predicted molar refractivity (Wildman–Crippen MR) is 87.1 cm³/mol. The first-order valence-electron chi connectivity index (χ1n) is 8.30. The molecule has 22 heavy (non-hydrogen) atoms. The maximum atomic E-state index is 10.9. The van der Waals surface area contributed by atoms with Crippen molar-refractivity contribution in [3.05, 3.63) is 39.4 Å². The number of non-ortho nitro benzene ring substituents is 1. The van der Waals surface area contributed by atoms with Crippen LogP contribution in [-0.4, -0.2) is 42.5 Å². The summed E-state index contributed by atoms with van der Waals surface area (Å²) in [6.45, 7) is 3.49. The molecule has 5 heteroatoms. The Hall–Kier alpha value is -1.46. The van der Waals surface area contributed by atoms with Crippen LogP contribution in [-0.2, 0) is 12.8 Å². The minimum absolute atomic E-state index is 0.217. The monoisotopic (exact) mass is 303 g/mol. The van der Waals surface area contributed by atoms with Crippen LogP contribution in [0.25, 0.3) is 0 Å². The molecular weight excluding hydrogens is 278 g/mol. The van der Waals surface area contributed by atoms with E-state index in [0.717, 1.165) is 37.3 Å². The first kappa shape index (κ1) is 15.4. The van der Waals surface area contributed by atoms with Gasteiger partial charge in [-0.15, -0.1) is 0 Å². The summed E-state index contributed by atoms with van der Waals surface area (Å²) in [5.41, 5.74) is 2.65. The van der Waals surface area contributed by atoms with Gasteiger partial charge in [0.25, 0.3) is 5.69 Å². The number of fused-ring (bicyclic) bond motifs is 1. The van der Waals surface area contributed by atoms with Crippen molar-refractivity contribution < 1.29 is 4.92 Å².